The van der Waals surface area contributed by atoms with E-state index in [4.69, 9.17) is 11.6 Å². The average molecular weight is 408 g/mol. The molecule has 1 fully saturated rings. The summed E-state index contributed by atoms with van der Waals surface area (Å²) < 4.78 is 0.827. The molecule has 1 N–H and O–H groups in total. The molecule has 1 amide bonds. The van der Waals surface area contributed by atoms with Crippen molar-refractivity contribution < 1.29 is 4.79 Å². The van der Waals surface area contributed by atoms with Gasteiger partial charge in [-0.05, 0) is 55.3 Å². The van der Waals surface area contributed by atoms with Gasteiger partial charge >= 0.3 is 0 Å². The van der Waals surface area contributed by atoms with Crippen molar-refractivity contribution in [1.82, 2.24) is 0 Å². The number of amides is 1. The van der Waals surface area contributed by atoms with Crippen molar-refractivity contribution in [3.63, 3.8) is 0 Å². The molecular formula is C19H20BrClN2O. The molecule has 0 bridgehead atoms. The Kier molecular flexibility index (Phi) is 5.80. The topological polar surface area (TPSA) is 32.3 Å². The van der Waals surface area contributed by atoms with E-state index in [1.165, 1.54) is 31.4 Å². The standard InChI is InChI=1S/C19H20BrClN2O/c20-14-5-10-18(21)17(13-14)19(24)22-15-6-8-16(9-7-15)23-11-3-1-2-4-12-23/h5-10,13H,1-4,11-12H2,(H,22,24). The summed E-state index contributed by atoms with van der Waals surface area (Å²) in [6.07, 6.45) is 5.13. The van der Waals surface area contributed by atoms with Crippen LogP contribution in [0.1, 0.15) is 36.0 Å². The Morgan fingerprint density at radius 3 is 2.33 bits per heavy atom. The zero-order valence-electron chi connectivity index (χ0n) is 13.4. The second-order valence-electron chi connectivity index (χ2n) is 6.03. The summed E-state index contributed by atoms with van der Waals surface area (Å²) in [6.45, 7) is 2.22. The summed E-state index contributed by atoms with van der Waals surface area (Å²) in [7, 11) is 0. The van der Waals surface area contributed by atoms with E-state index in [-0.39, 0.29) is 5.91 Å². The predicted molar refractivity (Wildman–Crippen MR) is 104 cm³/mol. The van der Waals surface area contributed by atoms with Crippen LogP contribution in [0.3, 0.4) is 0 Å². The lowest BCUT2D eigenvalue weighted by molar-refractivity contribution is 0.102. The van der Waals surface area contributed by atoms with Gasteiger partial charge in [-0.3, -0.25) is 4.79 Å². The summed E-state index contributed by atoms with van der Waals surface area (Å²) in [5.41, 5.74) is 2.45. The number of anilines is 2. The van der Waals surface area contributed by atoms with Gasteiger partial charge in [0.2, 0.25) is 0 Å². The number of hydrogen-bond acceptors (Lipinski definition) is 2. The molecule has 0 saturated carbocycles. The Morgan fingerprint density at radius 1 is 1.00 bits per heavy atom. The zero-order chi connectivity index (χ0) is 16.9. The van der Waals surface area contributed by atoms with Crippen molar-refractivity contribution >= 4 is 44.8 Å². The van der Waals surface area contributed by atoms with Crippen LogP contribution in [0.15, 0.2) is 46.9 Å². The van der Waals surface area contributed by atoms with E-state index in [1.807, 2.05) is 18.2 Å². The molecule has 1 saturated heterocycles. The highest BCUT2D eigenvalue weighted by Crippen LogP contribution is 2.24. The quantitative estimate of drug-likeness (QED) is 0.704. The van der Waals surface area contributed by atoms with Gasteiger partial charge in [0, 0.05) is 28.9 Å². The first-order valence-corrected chi connectivity index (χ1v) is 9.42. The fraction of sp³-hybridized carbons (Fsp3) is 0.316. The lowest BCUT2D eigenvalue weighted by atomic mass is 10.2. The van der Waals surface area contributed by atoms with Gasteiger partial charge in [-0.25, -0.2) is 0 Å². The van der Waals surface area contributed by atoms with Crippen LogP contribution in [0.25, 0.3) is 0 Å². The van der Waals surface area contributed by atoms with Crippen LogP contribution in [-0.2, 0) is 0 Å². The molecule has 24 heavy (non-hydrogen) atoms. The van der Waals surface area contributed by atoms with Crippen molar-refractivity contribution in [3.05, 3.63) is 57.5 Å². The molecule has 1 aliphatic rings. The first kappa shape index (κ1) is 17.3. The Hall–Kier alpha value is -1.52. The maximum absolute atomic E-state index is 12.4. The van der Waals surface area contributed by atoms with Crippen LogP contribution in [-0.4, -0.2) is 19.0 Å². The normalized spacial score (nSPS) is 15.0. The Bertz CT molecular complexity index is 710. The van der Waals surface area contributed by atoms with E-state index in [9.17, 15) is 4.79 Å². The van der Waals surface area contributed by atoms with Crippen LogP contribution in [0.5, 0.6) is 0 Å². The maximum atomic E-state index is 12.4. The predicted octanol–water partition coefficient (Wildman–Crippen LogP) is 5.74. The monoisotopic (exact) mass is 406 g/mol. The van der Waals surface area contributed by atoms with Crippen LogP contribution < -0.4 is 10.2 Å². The minimum Gasteiger partial charge on any atom is -0.372 e. The van der Waals surface area contributed by atoms with E-state index in [0.29, 0.717) is 10.6 Å². The van der Waals surface area contributed by atoms with E-state index in [2.05, 4.69) is 38.3 Å². The van der Waals surface area contributed by atoms with Gasteiger partial charge < -0.3 is 10.2 Å². The van der Waals surface area contributed by atoms with Crippen molar-refractivity contribution in [2.75, 3.05) is 23.3 Å². The lowest BCUT2D eigenvalue weighted by Crippen LogP contribution is -2.23. The first-order chi connectivity index (χ1) is 11.6. The highest BCUT2D eigenvalue weighted by atomic mass is 79.9. The molecule has 0 radical (unpaired) electrons. The molecule has 1 aliphatic heterocycles. The molecule has 1 heterocycles. The largest absolute Gasteiger partial charge is 0.372 e. The van der Waals surface area contributed by atoms with Gasteiger partial charge in [0.05, 0.1) is 10.6 Å². The Morgan fingerprint density at radius 2 is 1.67 bits per heavy atom. The van der Waals surface area contributed by atoms with E-state index < -0.39 is 0 Å². The Balaban J connectivity index is 1.69. The van der Waals surface area contributed by atoms with Crippen LogP contribution >= 0.6 is 27.5 Å². The molecule has 0 aromatic heterocycles. The Labute approximate surface area is 156 Å². The van der Waals surface area contributed by atoms with Gasteiger partial charge in [0.1, 0.15) is 0 Å². The molecule has 0 aliphatic carbocycles. The third-order valence-electron chi connectivity index (χ3n) is 4.27. The highest BCUT2D eigenvalue weighted by Gasteiger charge is 2.13. The third kappa shape index (κ3) is 4.31. The van der Waals surface area contributed by atoms with Gasteiger partial charge in [-0.15, -0.1) is 0 Å². The number of halogens is 2. The lowest BCUT2D eigenvalue weighted by Gasteiger charge is -2.22. The molecule has 3 rings (SSSR count). The highest BCUT2D eigenvalue weighted by molar-refractivity contribution is 9.10. The number of nitrogens with one attached hydrogen (secondary N) is 1. The van der Waals surface area contributed by atoms with Crippen molar-refractivity contribution in [2.24, 2.45) is 0 Å². The summed E-state index contributed by atoms with van der Waals surface area (Å²) >= 11 is 9.48. The number of hydrogen-bond donors (Lipinski definition) is 1. The van der Waals surface area contributed by atoms with Crippen molar-refractivity contribution in [1.29, 1.82) is 0 Å². The van der Waals surface area contributed by atoms with Crippen LogP contribution in [0.4, 0.5) is 11.4 Å². The fourth-order valence-electron chi connectivity index (χ4n) is 2.95. The number of nitrogens with zero attached hydrogens (tertiary/aromatic N) is 1. The van der Waals surface area contributed by atoms with E-state index in [1.54, 1.807) is 12.1 Å². The maximum Gasteiger partial charge on any atom is 0.257 e. The van der Waals surface area contributed by atoms with E-state index >= 15 is 0 Å². The molecule has 126 valence electrons. The number of carbonyl (C=O) groups excluding carboxylic acids is 1. The number of rotatable bonds is 3. The van der Waals surface area contributed by atoms with E-state index in [0.717, 1.165) is 23.2 Å². The first-order valence-electron chi connectivity index (χ1n) is 8.25. The fourth-order valence-corrected chi connectivity index (χ4v) is 3.52. The SMILES string of the molecule is O=C(Nc1ccc(N2CCCCCC2)cc1)c1cc(Br)ccc1Cl. The van der Waals surface area contributed by atoms with Gasteiger partial charge in [-0.1, -0.05) is 40.4 Å². The smallest absolute Gasteiger partial charge is 0.257 e. The summed E-state index contributed by atoms with van der Waals surface area (Å²) in [6, 6.07) is 13.3. The zero-order valence-corrected chi connectivity index (χ0v) is 15.7. The minimum atomic E-state index is -0.205. The molecule has 0 spiro atoms. The summed E-state index contributed by atoms with van der Waals surface area (Å²) in [4.78, 5) is 14.8. The van der Waals surface area contributed by atoms with Gasteiger partial charge in [0.25, 0.3) is 5.91 Å². The molecule has 0 atom stereocenters. The number of carbonyl (C=O) groups is 1. The molecule has 5 heteroatoms. The van der Waals surface area contributed by atoms with Gasteiger partial charge in [0.15, 0.2) is 0 Å². The molecule has 2 aromatic carbocycles. The minimum absolute atomic E-state index is 0.205. The van der Waals surface area contributed by atoms with Crippen molar-refractivity contribution in [2.45, 2.75) is 25.7 Å². The third-order valence-corrected chi connectivity index (χ3v) is 5.09. The second kappa shape index (κ2) is 8.04. The summed E-state index contributed by atoms with van der Waals surface area (Å²) in [5, 5.41) is 3.35. The second-order valence-corrected chi connectivity index (χ2v) is 7.35. The number of benzene rings is 2. The van der Waals surface area contributed by atoms with Crippen LogP contribution in [0, 0.1) is 0 Å². The molecule has 3 nitrogen and oxygen atoms in total. The molecule has 0 unspecified atom stereocenters. The average Bonchev–Trinajstić information content (AvgIpc) is 2.87. The summed E-state index contributed by atoms with van der Waals surface area (Å²) in [5.74, 6) is -0.205. The van der Waals surface area contributed by atoms with Crippen LogP contribution in [0.2, 0.25) is 5.02 Å². The van der Waals surface area contributed by atoms with Gasteiger partial charge in [-0.2, -0.15) is 0 Å². The van der Waals surface area contributed by atoms with Crippen molar-refractivity contribution in [3.8, 4) is 0 Å². The molecular weight excluding hydrogens is 388 g/mol. The molecule has 2 aromatic rings.